The van der Waals surface area contributed by atoms with Crippen LogP contribution in [-0.4, -0.2) is 23.2 Å². The van der Waals surface area contributed by atoms with Crippen molar-refractivity contribution in [3.05, 3.63) is 87.9 Å². The summed E-state index contributed by atoms with van der Waals surface area (Å²) in [5.41, 5.74) is 7.78. The Hall–Kier alpha value is -3.08. The molecule has 1 aromatic carbocycles. The van der Waals surface area contributed by atoms with E-state index < -0.39 is 0 Å². The Balaban J connectivity index is 1.46. The van der Waals surface area contributed by atoms with E-state index in [2.05, 4.69) is 28.3 Å². The first-order valence-corrected chi connectivity index (χ1v) is 10.7. The average molecular weight is 422 g/mol. The number of halogens is 1. The number of thiophene rings is 1. The summed E-state index contributed by atoms with van der Waals surface area (Å²) in [7, 11) is 1.86. The highest BCUT2D eigenvalue weighted by molar-refractivity contribution is 7.16. The summed E-state index contributed by atoms with van der Waals surface area (Å²) in [6.07, 6.45) is 5.55. The molecule has 1 aliphatic rings. The summed E-state index contributed by atoms with van der Waals surface area (Å²) >= 11 is 1.65. The van der Waals surface area contributed by atoms with Crippen molar-refractivity contribution in [1.82, 2.24) is 9.58 Å². The van der Waals surface area contributed by atoms with Gasteiger partial charge in [0.1, 0.15) is 16.9 Å². The molecule has 0 fully saturated rings. The van der Waals surface area contributed by atoms with Crippen LogP contribution in [0.15, 0.2) is 55.0 Å². The Morgan fingerprint density at radius 3 is 2.93 bits per heavy atom. The fraction of sp³-hybridized carbons (Fsp3) is 0.261. The van der Waals surface area contributed by atoms with Gasteiger partial charge in [0, 0.05) is 61.6 Å². The van der Waals surface area contributed by atoms with Gasteiger partial charge in [0.15, 0.2) is 0 Å². The number of aromatic nitrogens is 1. The summed E-state index contributed by atoms with van der Waals surface area (Å²) < 4.78 is 15.4. The zero-order valence-corrected chi connectivity index (χ0v) is 17.7. The third-order valence-electron chi connectivity index (χ3n) is 5.25. The summed E-state index contributed by atoms with van der Waals surface area (Å²) in [4.78, 5) is 3.52. The van der Waals surface area contributed by atoms with Gasteiger partial charge in [0.2, 0.25) is 0 Å². The molecule has 3 heterocycles. The number of nitrogens with one attached hydrogen (secondary N) is 2. The zero-order chi connectivity index (χ0) is 21.1. The van der Waals surface area contributed by atoms with Gasteiger partial charge in [-0.2, -0.15) is 5.26 Å². The van der Waals surface area contributed by atoms with E-state index in [1.54, 1.807) is 23.5 Å². The number of rotatable bonds is 7. The maximum absolute atomic E-state index is 13.5. The largest absolute Gasteiger partial charge is 0.350 e. The SMILES string of the molecule is C=C(Cc1ccn(NC)c1)Nc1sc2c(c1C#N)CN(Cc1cccc(F)c1)CC2. The van der Waals surface area contributed by atoms with Crippen LogP contribution in [0.2, 0.25) is 0 Å². The standard InChI is InChI=1S/C23H24FN5S/c1-16(10-18-6-9-29(14-18)26-2)27-23-20(12-25)21-15-28(8-7-22(21)30-23)13-17-4-3-5-19(24)11-17/h3-6,9,11,14,26-27H,1,7-8,10,13,15H2,2H3. The van der Waals surface area contributed by atoms with Crippen LogP contribution in [-0.2, 0) is 25.9 Å². The second-order valence-electron chi connectivity index (χ2n) is 7.47. The molecule has 154 valence electrons. The van der Waals surface area contributed by atoms with E-state index in [0.29, 0.717) is 25.1 Å². The first-order valence-electron chi connectivity index (χ1n) is 9.86. The molecule has 3 aromatic rings. The molecule has 7 heteroatoms. The molecule has 0 amide bonds. The Morgan fingerprint density at radius 2 is 2.20 bits per heavy atom. The van der Waals surface area contributed by atoms with E-state index in [9.17, 15) is 9.65 Å². The molecular weight excluding hydrogens is 397 g/mol. The number of hydrogen-bond acceptors (Lipinski definition) is 5. The normalized spacial score (nSPS) is 13.5. The second kappa shape index (κ2) is 8.74. The van der Waals surface area contributed by atoms with Crippen molar-refractivity contribution in [2.75, 3.05) is 24.3 Å². The van der Waals surface area contributed by atoms with Crippen molar-refractivity contribution in [1.29, 1.82) is 5.26 Å². The van der Waals surface area contributed by atoms with Gasteiger partial charge in [-0.3, -0.25) is 9.58 Å². The summed E-state index contributed by atoms with van der Waals surface area (Å²) in [5, 5.41) is 14.1. The van der Waals surface area contributed by atoms with Crippen molar-refractivity contribution in [2.45, 2.75) is 25.9 Å². The molecule has 0 bridgehead atoms. The number of nitrogens with zero attached hydrogens (tertiary/aromatic N) is 3. The van der Waals surface area contributed by atoms with Crippen LogP contribution < -0.4 is 10.7 Å². The number of nitriles is 1. The average Bonchev–Trinajstić information content (AvgIpc) is 3.31. The molecule has 0 aliphatic carbocycles. The highest BCUT2D eigenvalue weighted by Gasteiger charge is 2.25. The van der Waals surface area contributed by atoms with Crippen LogP contribution in [0.1, 0.15) is 27.1 Å². The fourth-order valence-corrected chi connectivity index (χ4v) is 5.01. The van der Waals surface area contributed by atoms with Crippen molar-refractivity contribution < 1.29 is 4.39 Å². The van der Waals surface area contributed by atoms with Gasteiger partial charge in [0.05, 0.1) is 5.56 Å². The Labute approximate surface area is 180 Å². The number of anilines is 1. The van der Waals surface area contributed by atoms with E-state index in [1.165, 1.54) is 10.9 Å². The van der Waals surface area contributed by atoms with Crippen LogP contribution in [0.25, 0.3) is 0 Å². The molecule has 1 aliphatic heterocycles. The van der Waals surface area contributed by atoms with Crippen molar-refractivity contribution in [3.8, 4) is 6.07 Å². The second-order valence-corrected chi connectivity index (χ2v) is 8.57. The van der Waals surface area contributed by atoms with Crippen LogP contribution in [0.4, 0.5) is 9.39 Å². The molecule has 30 heavy (non-hydrogen) atoms. The Morgan fingerprint density at radius 1 is 1.33 bits per heavy atom. The van der Waals surface area contributed by atoms with E-state index in [1.807, 2.05) is 36.3 Å². The summed E-state index contributed by atoms with van der Waals surface area (Å²) in [6, 6.07) is 11.1. The Bertz CT molecular complexity index is 1110. The molecule has 0 radical (unpaired) electrons. The molecule has 0 saturated carbocycles. The number of fused-ring (bicyclic) bond motifs is 1. The van der Waals surface area contributed by atoms with Crippen molar-refractivity contribution in [3.63, 3.8) is 0 Å². The van der Waals surface area contributed by atoms with E-state index >= 15 is 0 Å². The van der Waals surface area contributed by atoms with Crippen LogP contribution in [0.3, 0.4) is 0 Å². The van der Waals surface area contributed by atoms with Crippen LogP contribution >= 0.6 is 11.3 Å². The molecule has 2 N–H and O–H groups in total. The summed E-state index contributed by atoms with van der Waals surface area (Å²) in [5.74, 6) is -0.214. The molecule has 0 atom stereocenters. The fourth-order valence-electron chi connectivity index (χ4n) is 3.81. The monoisotopic (exact) mass is 421 g/mol. The lowest BCUT2D eigenvalue weighted by atomic mass is 10.0. The number of benzene rings is 1. The number of allylic oxidation sites excluding steroid dienone is 1. The quantitative estimate of drug-likeness (QED) is 0.591. The molecule has 0 saturated heterocycles. The zero-order valence-electron chi connectivity index (χ0n) is 16.9. The first-order chi connectivity index (χ1) is 14.6. The Kier molecular flexibility index (Phi) is 5.88. The smallest absolute Gasteiger partial charge is 0.123 e. The van der Waals surface area contributed by atoms with Gasteiger partial charge in [-0.05, 0) is 35.7 Å². The predicted octanol–water partition coefficient (Wildman–Crippen LogP) is 4.46. The number of hydrogen-bond donors (Lipinski definition) is 2. The lowest BCUT2D eigenvalue weighted by Gasteiger charge is -2.27. The predicted molar refractivity (Wildman–Crippen MR) is 119 cm³/mol. The third kappa shape index (κ3) is 4.40. The minimum absolute atomic E-state index is 0.214. The summed E-state index contributed by atoms with van der Waals surface area (Å²) in [6.45, 7) is 6.42. The van der Waals surface area contributed by atoms with E-state index in [0.717, 1.165) is 40.4 Å². The lowest BCUT2D eigenvalue weighted by molar-refractivity contribution is 0.247. The molecule has 0 unspecified atom stereocenters. The van der Waals surface area contributed by atoms with Gasteiger partial charge in [0.25, 0.3) is 0 Å². The van der Waals surface area contributed by atoms with Gasteiger partial charge in [-0.15, -0.1) is 11.3 Å². The minimum atomic E-state index is -0.214. The first kappa shape index (κ1) is 20.2. The van der Waals surface area contributed by atoms with Gasteiger partial charge >= 0.3 is 0 Å². The van der Waals surface area contributed by atoms with Gasteiger partial charge < -0.3 is 10.7 Å². The molecule has 5 nitrogen and oxygen atoms in total. The molecule has 4 rings (SSSR count). The minimum Gasteiger partial charge on any atom is -0.350 e. The van der Waals surface area contributed by atoms with E-state index in [-0.39, 0.29) is 5.82 Å². The van der Waals surface area contributed by atoms with Crippen molar-refractivity contribution in [2.24, 2.45) is 0 Å². The van der Waals surface area contributed by atoms with Crippen molar-refractivity contribution >= 4 is 16.3 Å². The van der Waals surface area contributed by atoms with E-state index in [4.69, 9.17) is 0 Å². The van der Waals surface area contributed by atoms with Crippen LogP contribution in [0, 0.1) is 17.1 Å². The highest BCUT2D eigenvalue weighted by Crippen LogP contribution is 2.37. The van der Waals surface area contributed by atoms with Crippen LogP contribution in [0.5, 0.6) is 0 Å². The topological polar surface area (TPSA) is 56.0 Å². The molecular formula is C23H24FN5S. The molecule has 0 spiro atoms. The lowest BCUT2D eigenvalue weighted by Crippen LogP contribution is -2.29. The molecule has 2 aromatic heterocycles. The third-order valence-corrected chi connectivity index (χ3v) is 6.46. The maximum atomic E-state index is 13.5. The maximum Gasteiger partial charge on any atom is 0.123 e. The van der Waals surface area contributed by atoms with Gasteiger partial charge in [-0.1, -0.05) is 18.7 Å². The highest BCUT2D eigenvalue weighted by atomic mass is 32.1. The van der Waals surface area contributed by atoms with Gasteiger partial charge in [-0.25, -0.2) is 4.39 Å².